The van der Waals surface area contributed by atoms with Crippen molar-refractivity contribution in [3.8, 4) is 17.6 Å². The number of benzene rings is 2. The number of hydrogen-bond donors (Lipinski definition) is 2. The minimum atomic E-state index is -0.142. The zero-order valence-electron chi connectivity index (χ0n) is 11.2. The van der Waals surface area contributed by atoms with Gasteiger partial charge in [-0.05, 0) is 30.3 Å². The lowest BCUT2D eigenvalue weighted by Gasteiger charge is -2.05. The second kappa shape index (κ2) is 6.44. The van der Waals surface area contributed by atoms with Crippen LogP contribution in [-0.2, 0) is 11.2 Å². The van der Waals surface area contributed by atoms with E-state index < -0.39 is 0 Å². The van der Waals surface area contributed by atoms with Crippen LogP contribution in [0.15, 0.2) is 48.5 Å². The maximum Gasteiger partial charge on any atom is 0.221 e. The number of aromatic hydroxyl groups is 1. The lowest BCUT2D eigenvalue weighted by atomic mass is 10.1. The number of phenolic OH excluding ortho intramolecular Hbond substituents is 1. The fraction of sp³-hybridized carbons (Fsp3) is 0.118. The number of carbonyl (C=O) groups excluding carboxylic acids is 1. The SMILES string of the molecule is CC(=O)Nc1ccc(O)c(CC#Cc2ccccc2)c1. The standard InChI is InChI=1S/C17H15NO2/c1-13(19)18-16-10-11-17(20)15(12-16)9-5-8-14-6-3-2-4-7-14/h2-4,6-7,10-12,20H,9H2,1H3,(H,18,19). The first-order valence-electron chi connectivity index (χ1n) is 6.28. The summed E-state index contributed by atoms with van der Waals surface area (Å²) in [6.45, 7) is 1.45. The Labute approximate surface area is 118 Å². The Bertz CT molecular complexity index is 666. The van der Waals surface area contributed by atoms with Crippen LogP contribution in [0.1, 0.15) is 18.1 Å². The van der Waals surface area contributed by atoms with Gasteiger partial charge in [0.25, 0.3) is 0 Å². The molecule has 2 rings (SSSR count). The third-order valence-electron chi connectivity index (χ3n) is 2.69. The predicted octanol–water partition coefficient (Wildman–Crippen LogP) is 2.94. The van der Waals surface area contributed by atoms with E-state index in [0.717, 1.165) is 5.56 Å². The van der Waals surface area contributed by atoms with Crippen molar-refractivity contribution in [2.75, 3.05) is 5.32 Å². The smallest absolute Gasteiger partial charge is 0.221 e. The molecule has 3 nitrogen and oxygen atoms in total. The molecule has 2 N–H and O–H groups in total. The molecule has 0 atom stereocenters. The van der Waals surface area contributed by atoms with Gasteiger partial charge in [0, 0.05) is 30.2 Å². The maximum atomic E-state index is 11.0. The molecule has 100 valence electrons. The van der Waals surface area contributed by atoms with Crippen molar-refractivity contribution in [2.45, 2.75) is 13.3 Å². The summed E-state index contributed by atoms with van der Waals surface area (Å²) in [6, 6.07) is 14.6. The molecule has 0 aliphatic carbocycles. The molecular formula is C17H15NO2. The summed E-state index contributed by atoms with van der Waals surface area (Å²) < 4.78 is 0. The van der Waals surface area contributed by atoms with Crippen molar-refractivity contribution in [1.82, 2.24) is 0 Å². The molecule has 0 saturated heterocycles. The molecule has 0 bridgehead atoms. The maximum absolute atomic E-state index is 11.0. The van der Waals surface area contributed by atoms with Crippen LogP contribution in [0.3, 0.4) is 0 Å². The summed E-state index contributed by atoms with van der Waals surface area (Å²) in [6.07, 6.45) is 0.425. The highest BCUT2D eigenvalue weighted by Gasteiger charge is 2.02. The molecule has 0 aliphatic heterocycles. The molecule has 0 spiro atoms. The van der Waals surface area contributed by atoms with E-state index in [0.29, 0.717) is 17.7 Å². The van der Waals surface area contributed by atoms with E-state index in [1.807, 2.05) is 30.3 Å². The van der Waals surface area contributed by atoms with Gasteiger partial charge in [0.05, 0.1) is 0 Å². The first-order chi connectivity index (χ1) is 9.65. The fourth-order valence-corrected chi connectivity index (χ4v) is 1.77. The molecule has 3 heteroatoms. The van der Waals surface area contributed by atoms with Crippen LogP contribution in [0.25, 0.3) is 0 Å². The van der Waals surface area contributed by atoms with E-state index in [1.54, 1.807) is 18.2 Å². The number of amides is 1. The molecule has 0 radical (unpaired) electrons. The Balaban J connectivity index is 2.13. The van der Waals surface area contributed by atoms with E-state index in [2.05, 4.69) is 17.2 Å². The zero-order chi connectivity index (χ0) is 14.4. The lowest BCUT2D eigenvalue weighted by molar-refractivity contribution is -0.114. The fourth-order valence-electron chi connectivity index (χ4n) is 1.77. The Morgan fingerprint density at radius 3 is 2.65 bits per heavy atom. The average Bonchev–Trinajstić information content (AvgIpc) is 2.43. The van der Waals surface area contributed by atoms with Crippen LogP contribution in [-0.4, -0.2) is 11.0 Å². The number of hydrogen-bond acceptors (Lipinski definition) is 2. The summed E-state index contributed by atoms with van der Waals surface area (Å²) in [5, 5.41) is 12.5. The van der Waals surface area contributed by atoms with E-state index >= 15 is 0 Å². The van der Waals surface area contributed by atoms with Crippen LogP contribution >= 0.6 is 0 Å². The third-order valence-corrected chi connectivity index (χ3v) is 2.69. The summed E-state index contributed by atoms with van der Waals surface area (Å²) >= 11 is 0. The van der Waals surface area contributed by atoms with Crippen molar-refractivity contribution in [3.63, 3.8) is 0 Å². The monoisotopic (exact) mass is 265 g/mol. The van der Waals surface area contributed by atoms with Crippen molar-refractivity contribution < 1.29 is 9.90 Å². The predicted molar refractivity (Wildman–Crippen MR) is 79.4 cm³/mol. The molecule has 2 aromatic carbocycles. The number of nitrogens with one attached hydrogen (secondary N) is 1. The van der Waals surface area contributed by atoms with Gasteiger partial charge in [-0.1, -0.05) is 30.0 Å². The van der Waals surface area contributed by atoms with Gasteiger partial charge in [-0.15, -0.1) is 0 Å². The molecule has 0 aliphatic rings. The normalized spacial score (nSPS) is 9.45. The first kappa shape index (κ1) is 13.7. The van der Waals surface area contributed by atoms with Gasteiger partial charge in [0.1, 0.15) is 5.75 Å². The molecule has 0 saturated carbocycles. The molecule has 20 heavy (non-hydrogen) atoms. The Kier molecular flexibility index (Phi) is 4.41. The van der Waals surface area contributed by atoms with Crippen molar-refractivity contribution in [2.24, 2.45) is 0 Å². The highest BCUT2D eigenvalue weighted by molar-refractivity contribution is 5.88. The summed E-state index contributed by atoms with van der Waals surface area (Å²) in [5.41, 5.74) is 2.29. The minimum absolute atomic E-state index is 0.142. The molecule has 1 amide bonds. The quantitative estimate of drug-likeness (QED) is 0.648. The first-order valence-corrected chi connectivity index (χ1v) is 6.28. The van der Waals surface area contributed by atoms with Gasteiger partial charge in [-0.3, -0.25) is 4.79 Å². The number of carbonyl (C=O) groups is 1. The summed E-state index contributed by atoms with van der Waals surface area (Å²) in [7, 11) is 0. The van der Waals surface area contributed by atoms with Crippen LogP contribution in [0.4, 0.5) is 5.69 Å². The van der Waals surface area contributed by atoms with Gasteiger partial charge >= 0.3 is 0 Å². The summed E-state index contributed by atoms with van der Waals surface area (Å²) in [5.74, 6) is 6.09. The molecule has 0 fully saturated rings. The van der Waals surface area contributed by atoms with E-state index in [-0.39, 0.29) is 11.7 Å². The molecule has 0 unspecified atom stereocenters. The number of anilines is 1. The van der Waals surface area contributed by atoms with Crippen molar-refractivity contribution in [3.05, 3.63) is 59.7 Å². The van der Waals surface area contributed by atoms with E-state index in [1.165, 1.54) is 6.92 Å². The highest BCUT2D eigenvalue weighted by atomic mass is 16.3. The van der Waals surface area contributed by atoms with Gasteiger partial charge in [0.2, 0.25) is 5.91 Å². The Morgan fingerprint density at radius 1 is 1.20 bits per heavy atom. The van der Waals surface area contributed by atoms with Crippen LogP contribution in [0.2, 0.25) is 0 Å². The topological polar surface area (TPSA) is 49.3 Å². The van der Waals surface area contributed by atoms with Crippen LogP contribution < -0.4 is 5.32 Å². The van der Waals surface area contributed by atoms with Gasteiger partial charge in [-0.25, -0.2) is 0 Å². The van der Waals surface area contributed by atoms with Crippen molar-refractivity contribution >= 4 is 11.6 Å². The van der Waals surface area contributed by atoms with Gasteiger partial charge < -0.3 is 10.4 Å². The molecule has 2 aromatic rings. The molecular weight excluding hydrogens is 250 g/mol. The lowest BCUT2D eigenvalue weighted by Crippen LogP contribution is -2.05. The largest absolute Gasteiger partial charge is 0.508 e. The zero-order valence-corrected chi connectivity index (χ0v) is 11.2. The van der Waals surface area contributed by atoms with Crippen LogP contribution in [0, 0.1) is 11.8 Å². The van der Waals surface area contributed by atoms with E-state index in [4.69, 9.17) is 0 Å². The highest BCUT2D eigenvalue weighted by Crippen LogP contribution is 2.21. The molecule has 0 heterocycles. The number of rotatable bonds is 2. The van der Waals surface area contributed by atoms with Crippen LogP contribution in [0.5, 0.6) is 5.75 Å². The Morgan fingerprint density at radius 2 is 1.95 bits per heavy atom. The Hall–Kier alpha value is -2.73. The molecule has 0 aromatic heterocycles. The summed E-state index contributed by atoms with van der Waals surface area (Å²) in [4.78, 5) is 11.0. The minimum Gasteiger partial charge on any atom is -0.508 e. The van der Waals surface area contributed by atoms with Gasteiger partial charge in [-0.2, -0.15) is 0 Å². The van der Waals surface area contributed by atoms with E-state index in [9.17, 15) is 9.90 Å². The second-order valence-corrected chi connectivity index (χ2v) is 4.37. The number of phenols is 1. The van der Waals surface area contributed by atoms with Crippen molar-refractivity contribution in [1.29, 1.82) is 0 Å². The van der Waals surface area contributed by atoms with Gasteiger partial charge in [0.15, 0.2) is 0 Å². The second-order valence-electron chi connectivity index (χ2n) is 4.37. The third kappa shape index (κ3) is 3.89. The average molecular weight is 265 g/mol.